The van der Waals surface area contributed by atoms with E-state index in [9.17, 15) is 14.4 Å². The van der Waals surface area contributed by atoms with Crippen molar-refractivity contribution >= 4 is 41.3 Å². The Kier molecular flexibility index (Phi) is 11.9. The molecule has 2 amide bonds. The van der Waals surface area contributed by atoms with Crippen molar-refractivity contribution in [3.8, 4) is 0 Å². The van der Waals surface area contributed by atoms with E-state index in [0.717, 1.165) is 22.3 Å². The number of rotatable bonds is 14. The third-order valence-electron chi connectivity index (χ3n) is 6.90. The molecule has 2 atom stereocenters. The summed E-state index contributed by atoms with van der Waals surface area (Å²) in [5.41, 5.74) is 4.25. The lowest BCUT2D eigenvalue weighted by Crippen LogP contribution is -2.53. The zero-order chi connectivity index (χ0) is 30.5. The van der Waals surface area contributed by atoms with Gasteiger partial charge in [-0.15, -0.1) is 11.8 Å². The van der Waals surface area contributed by atoms with Crippen LogP contribution in [0.3, 0.4) is 0 Å². The summed E-state index contributed by atoms with van der Waals surface area (Å²) in [5.74, 6) is -0.0434. The van der Waals surface area contributed by atoms with Crippen LogP contribution in [-0.2, 0) is 29.6 Å². The number of benzene rings is 4. The fraction of sp³-hybridized carbons (Fsp3) is 0.229. The number of carbonyl (C=O) groups excluding carboxylic acids is 3. The molecule has 2 N–H and O–H groups in total. The van der Waals surface area contributed by atoms with Crippen molar-refractivity contribution in [1.29, 1.82) is 0 Å². The molecule has 0 saturated heterocycles. The van der Waals surface area contributed by atoms with Gasteiger partial charge in [0.05, 0.1) is 11.9 Å². The standard InChI is InChI=1S/C35H36N2O4S2/c1-26(38)36-31(24-42-23-27-15-7-3-8-16-27)33(39)37-32(34(40)41-2)25-43-35(28-17-9-4-10-18-28,29-19-11-5-12-20-29)30-21-13-6-14-22-30/h3-22,31-32H,23-25H2,1-2H3,(H,36,38)(H,37,39)/t31-,32-/m0/s1. The minimum absolute atomic E-state index is 0.223. The Bertz CT molecular complexity index is 1360. The van der Waals surface area contributed by atoms with Gasteiger partial charge in [0.1, 0.15) is 12.1 Å². The molecule has 0 saturated carbocycles. The smallest absolute Gasteiger partial charge is 0.329 e. The van der Waals surface area contributed by atoms with Gasteiger partial charge in [-0.1, -0.05) is 121 Å². The minimum atomic E-state index is -0.951. The molecule has 0 unspecified atom stereocenters. The van der Waals surface area contributed by atoms with Gasteiger partial charge in [-0.25, -0.2) is 4.79 Å². The highest BCUT2D eigenvalue weighted by Crippen LogP contribution is 2.48. The van der Waals surface area contributed by atoms with E-state index in [2.05, 4.69) is 47.0 Å². The molecule has 0 heterocycles. The van der Waals surface area contributed by atoms with E-state index < -0.39 is 28.7 Å². The number of hydrogen-bond acceptors (Lipinski definition) is 6. The van der Waals surface area contributed by atoms with Crippen LogP contribution in [0.15, 0.2) is 121 Å². The maximum atomic E-state index is 13.5. The SMILES string of the molecule is COC(=O)[C@H](CSC(c1ccccc1)(c1ccccc1)c1ccccc1)NC(=O)[C@H](CSCc1ccccc1)NC(C)=O. The average Bonchev–Trinajstić information content (AvgIpc) is 3.05. The first kappa shape index (κ1) is 31.9. The van der Waals surface area contributed by atoms with E-state index in [1.807, 2.05) is 84.9 Å². The number of esters is 1. The van der Waals surface area contributed by atoms with Crippen LogP contribution in [-0.4, -0.2) is 48.5 Å². The molecule has 4 rings (SSSR count). The third kappa shape index (κ3) is 8.52. The number of thioether (sulfide) groups is 2. The number of amides is 2. The molecule has 0 bridgehead atoms. The first-order valence-corrected chi connectivity index (χ1v) is 16.2. The lowest BCUT2D eigenvalue weighted by atomic mass is 9.84. The number of hydrogen-bond donors (Lipinski definition) is 2. The van der Waals surface area contributed by atoms with Crippen molar-refractivity contribution in [2.24, 2.45) is 0 Å². The molecule has 0 radical (unpaired) electrons. The van der Waals surface area contributed by atoms with E-state index >= 15 is 0 Å². The van der Waals surface area contributed by atoms with Gasteiger partial charge in [0.15, 0.2) is 0 Å². The number of methoxy groups -OCH3 is 1. The van der Waals surface area contributed by atoms with Crippen LogP contribution in [0, 0.1) is 0 Å². The maximum Gasteiger partial charge on any atom is 0.329 e. The topological polar surface area (TPSA) is 84.5 Å². The van der Waals surface area contributed by atoms with Crippen molar-refractivity contribution in [1.82, 2.24) is 10.6 Å². The summed E-state index contributed by atoms with van der Waals surface area (Å²) in [6, 6.07) is 38.6. The molecule has 0 aliphatic rings. The van der Waals surface area contributed by atoms with Crippen LogP contribution in [0.5, 0.6) is 0 Å². The average molecular weight is 613 g/mol. The van der Waals surface area contributed by atoms with Gasteiger partial charge in [-0.05, 0) is 22.3 Å². The predicted molar refractivity (Wildman–Crippen MR) is 176 cm³/mol. The van der Waals surface area contributed by atoms with Crippen molar-refractivity contribution in [2.75, 3.05) is 18.6 Å². The van der Waals surface area contributed by atoms with Crippen molar-refractivity contribution in [2.45, 2.75) is 29.5 Å². The summed E-state index contributed by atoms with van der Waals surface area (Å²) in [7, 11) is 1.31. The van der Waals surface area contributed by atoms with Crippen LogP contribution in [0.25, 0.3) is 0 Å². The molecule has 4 aromatic rings. The molecule has 222 valence electrons. The van der Waals surface area contributed by atoms with Gasteiger partial charge >= 0.3 is 5.97 Å². The first-order chi connectivity index (χ1) is 20.9. The Morgan fingerprint density at radius 1 is 0.674 bits per heavy atom. The van der Waals surface area contributed by atoms with Crippen LogP contribution in [0.2, 0.25) is 0 Å². The molecular weight excluding hydrogens is 577 g/mol. The normalized spacial score (nSPS) is 12.5. The van der Waals surface area contributed by atoms with Crippen molar-refractivity contribution in [3.63, 3.8) is 0 Å². The highest BCUT2D eigenvalue weighted by Gasteiger charge is 2.39. The molecule has 0 fully saturated rings. The Balaban J connectivity index is 1.60. The first-order valence-electron chi connectivity index (χ1n) is 14.0. The number of nitrogens with one attached hydrogen (secondary N) is 2. The third-order valence-corrected chi connectivity index (χ3v) is 9.65. The molecule has 0 aliphatic heterocycles. The molecule has 4 aromatic carbocycles. The highest BCUT2D eigenvalue weighted by atomic mass is 32.2. The Morgan fingerprint density at radius 3 is 1.58 bits per heavy atom. The van der Waals surface area contributed by atoms with Gasteiger partial charge in [0.2, 0.25) is 11.8 Å². The molecule has 43 heavy (non-hydrogen) atoms. The minimum Gasteiger partial charge on any atom is -0.467 e. The van der Waals surface area contributed by atoms with E-state index in [4.69, 9.17) is 4.74 Å². The van der Waals surface area contributed by atoms with Crippen LogP contribution in [0.1, 0.15) is 29.2 Å². The van der Waals surface area contributed by atoms with Gasteiger partial charge in [0.25, 0.3) is 0 Å². The summed E-state index contributed by atoms with van der Waals surface area (Å²) in [4.78, 5) is 38.6. The fourth-order valence-electron chi connectivity index (χ4n) is 4.86. The van der Waals surface area contributed by atoms with Crippen LogP contribution in [0.4, 0.5) is 0 Å². The zero-order valence-corrected chi connectivity index (χ0v) is 25.9. The Labute approximate surface area is 262 Å². The van der Waals surface area contributed by atoms with E-state index in [-0.39, 0.29) is 11.7 Å². The second-order valence-electron chi connectivity index (χ2n) is 9.93. The van der Waals surface area contributed by atoms with Crippen molar-refractivity contribution < 1.29 is 19.1 Å². The number of carbonyl (C=O) groups is 3. The summed E-state index contributed by atoms with van der Waals surface area (Å²) in [6.45, 7) is 1.38. The molecular formula is C35H36N2O4S2. The highest BCUT2D eigenvalue weighted by molar-refractivity contribution is 8.00. The van der Waals surface area contributed by atoms with Gasteiger partial charge < -0.3 is 15.4 Å². The molecule has 8 heteroatoms. The van der Waals surface area contributed by atoms with Crippen LogP contribution < -0.4 is 10.6 Å². The van der Waals surface area contributed by atoms with Gasteiger partial charge in [0, 0.05) is 24.2 Å². The van der Waals surface area contributed by atoms with Crippen molar-refractivity contribution in [3.05, 3.63) is 144 Å². The number of ether oxygens (including phenoxy) is 1. The molecule has 0 aromatic heterocycles. The summed E-state index contributed by atoms with van der Waals surface area (Å²) in [5, 5.41) is 5.63. The zero-order valence-electron chi connectivity index (χ0n) is 24.3. The largest absolute Gasteiger partial charge is 0.467 e. The second-order valence-corrected chi connectivity index (χ2v) is 12.2. The maximum absolute atomic E-state index is 13.5. The van der Waals surface area contributed by atoms with E-state index in [0.29, 0.717) is 11.5 Å². The van der Waals surface area contributed by atoms with E-state index in [1.54, 1.807) is 11.8 Å². The molecule has 6 nitrogen and oxygen atoms in total. The molecule has 0 aliphatic carbocycles. The quantitative estimate of drug-likeness (QED) is 0.138. The lowest BCUT2D eigenvalue weighted by Gasteiger charge is -2.36. The van der Waals surface area contributed by atoms with Crippen LogP contribution >= 0.6 is 23.5 Å². The summed E-state index contributed by atoms with van der Waals surface area (Å²) in [6.07, 6.45) is 0. The van der Waals surface area contributed by atoms with E-state index in [1.165, 1.54) is 25.8 Å². The molecule has 0 spiro atoms. The fourth-order valence-corrected chi connectivity index (χ4v) is 7.42. The Hall–Kier alpha value is -4.01. The summed E-state index contributed by atoms with van der Waals surface area (Å²) >= 11 is 3.09. The summed E-state index contributed by atoms with van der Waals surface area (Å²) < 4.78 is 4.46. The second kappa shape index (κ2) is 16.0. The monoisotopic (exact) mass is 612 g/mol. The predicted octanol–water partition coefficient (Wildman–Crippen LogP) is 5.81. The lowest BCUT2D eigenvalue weighted by molar-refractivity contribution is -0.144. The van der Waals surface area contributed by atoms with Gasteiger partial charge in [-0.3, -0.25) is 9.59 Å². The Morgan fingerprint density at radius 2 is 1.14 bits per heavy atom. The van der Waals surface area contributed by atoms with Gasteiger partial charge in [-0.2, -0.15) is 11.8 Å².